The van der Waals surface area contributed by atoms with Crippen molar-refractivity contribution in [1.29, 1.82) is 0 Å². The van der Waals surface area contributed by atoms with E-state index < -0.39 is 0 Å². The lowest BCUT2D eigenvalue weighted by Crippen LogP contribution is -2.41. The molecule has 0 atom stereocenters. The van der Waals surface area contributed by atoms with Crippen LogP contribution in [0, 0.1) is 12.3 Å². The van der Waals surface area contributed by atoms with E-state index in [9.17, 15) is 4.79 Å². The summed E-state index contributed by atoms with van der Waals surface area (Å²) in [6.07, 6.45) is 5.01. The first-order valence-electron chi connectivity index (χ1n) is 3.79. The van der Waals surface area contributed by atoms with Crippen molar-refractivity contribution < 1.29 is 4.79 Å². The van der Waals surface area contributed by atoms with Gasteiger partial charge in [0.05, 0.1) is 0 Å². The summed E-state index contributed by atoms with van der Waals surface area (Å²) in [6, 6.07) is 0.358. The van der Waals surface area contributed by atoms with Gasteiger partial charge >= 0.3 is 0 Å². The van der Waals surface area contributed by atoms with Gasteiger partial charge in [0.15, 0.2) is 0 Å². The Morgan fingerprint density at radius 3 is 1.73 bits per heavy atom. The third-order valence-corrected chi connectivity index (χ3v) is 1.47. The van der Waals surface area contributed by atoms with Crippen LogP contribution in [0.4, 0.5) is 0 Å². The molecule has 0 fully saturated rings. The molecule has 2 nitrogen and oxygen atoms in total. The van der Waals surface area contributed by atoms with Gasteiger partial charge in [0.2, 0.25) is 0 Å². The SMILES string of the molecule is C#CC(=O)N(C(C)C)C(C)C. The Labute approximate surface area is 68.6 Å². The fraction of sp³-hybridized carbons (Fsp3) is 0.667. The van der Waals surface area contributed by atoms with Gasteiger partial charge in [-0.1, -0.05) is 0 Å². The van der Waals surface area contributed by atoms with Gasteiger partial charge in [-0.3, -0.25) is 4.79 Å². The molecule has 0 saturated carbocycles. The fourth-order valence-corrected chi connectivity index (χ4v) is 1.14. The minimum atomic E-state index is -0.227. The van der Waals surface area contributed by atoms with Crippen LogP contribution < -0.4 is 0 Å². The van der Waals surface area contributed by atoms with Crippen LogP contribution in [-0.2, 0) is 4.79 Å². The summed E-state index contributed by atoms with van der Waals surface area (Å²) in [6.45, 7) is 7.81. The molecular weight excluding hydrogens is 138 g/mol. The van der Waals surface area contributed by atoms with Crippen LogP contribution in [0.3, 0.4) is 0 Å². The minimum absolute atomic E-state index is 0.179. The van der Waals surface area contributed by atoms with Gasteiger partial charge in [-0.05, 0) is 33.6 Å². The third-order valence-electron chi connectivity index (χ3n) is 1.47. The Kier molecular flexibility index (Phi) is 3.67. The molecule has 62 valence electrons. The Hall–Kier alpha value is -0.970. The maximum atomic E-state index is 11.1. The van der Waals surface area contributed by atoms with Gasteiger partial charge < -0.3 is 4.90 Å². The second-order valence-electron chi connectivity index (χ2n) is 3.04. The summed E-state index contributed by atoms with van der Waals surface area (Å²) in [7, 11) is 0. The second kappa shape index (κ2) is 4.02. The van der Waals surface area contributed by atoms with Crippen molar-refractivity contribution in [3.63, 3.8) is 0 Å². The largest absolute Gasteiger partial charge is 0.327 e. The van der Waals surface area contributed by atoms with E-state index in [-0.39, 0.29) is 18.0 Å². The summed E-state index contributed by atoms with van der Waals surface area (Å²) < 4.78 is 0. The van der Waals surface area contributed by atoms with Crippen molar-refractivity contribution in [1.82, 2.24) is 4.90 Å². The molecule has 0 N–H and O–H groups in total. The van der Waals surface area contributed by atoms with Gasteiger partial charge in [-0.2, -0.15) is 0 Å². The molecular formula is C9H15NO. The maximum absolute atomic E-state index is 11.1. The monoisotopic (exact) mass is 153 g/mol. The van der Waals surface area contributed by atoms with Crippen molar-refractivity contribution >= 4 is 5.91 Å². The van der Waals surface area contributed by atoms with Crippen LogP contribution in [0.5, 0.6) is 0 Å². The maximum Gasteiger partial charge on any atom is 0.298 e. The van der Waals surface area contributed by atoms with Crippen molar-refractivity contribution in [3.05, 3.63) is 0 Å². The van der Waals surface area contributed by atoms with Gasteiger partial charge in [-0.25, -0.2) is 0 Å². The lowest BCUT2D eigenvalue weighted by Gasteiger charge is -2.28. The van der Waals surface area contributed by atoms with Crippen molar-refractivity contribution in [2.45, 2.75) is 39.8 Å². The molecule has 0 unspecified atom stereocenters. The van der Waals surface area contributed by atoms with E-state index in [2.05, 4.69) is 5.92 Å². The first kappa shape index (κ1) is 10.0. The van der Waals surface area contributed by atoms with Crippen molar-refractivity contribution in [3.8, 4) is 12.3 Å². The van der Waals surface area contributed by atoms with Crippen LogP contribution >= 0.6 is 0 Å². The molecule has 0 saturated heterocycles. The molecule has 0 rings (SSSR count). The zero-order valence-corrected chi connectivity index (χ0v) is 7.59. The Morgan fingerprint density at radius 1 is 1.27 bits per heavy atom. The van der Waals surface area contributed by atoms with Crippen LogP contribution in [0.2, 0.25) is 0 Å². The lowest BCUT2D eigenvalue weighted by molar-refractivity contribution is -0.128. The standard InChI is InChI=1S/C9H15NO/c1-6-9(11)10(7(2)3)8(4)5/h1,7-8H,2-5H3. The van der Waals surface area contributed by atoms with Crippen LogP contribution in [-0.4, -0.2) is 22.9 Å². The quantitative estimate of drug-likeness (QED) is 0.547. The molecule has 0 heterocycles. The van der Waals surface area contributed by atoms with E-state index >= 15 is 0 Å². The Balaban J connectivity index is 4.37. The summed E-state index contributed by atoms with van der Waals surface area (Å²) in [5.41, 5.74) is 0. The molecule has 0 bridgehead atoms. The minimum Gasteiger partial charge on any atom is -0.327 e. The molecule has 0 aromatic rings. The number of terminal acetylenes is 1. The fourth-order valence-electron chi connectivity index (χ4n) is 1.14. The first-order valence-corrected chi connectivity index (χ1v) is 3.79. The predicted molar refractivity (Wildman–Crippen MR) is 46.0 cm³/mol. The molecule has 0 aliphatic carbocycles. The zero-order chi connectivity index (χ0) is 9.02. The zero-order valence-electron chi connectivity index (χ0n) is 7.59. The Bertz CT molecular complexity index is 168. The smallest absolute Gasteiger partial charge is 0.298 e. The summed E-state index contributed by atoms with van der Waals surface area (Å²) in [5.74, 6) is 1.89. The second-order valence-corrected chi connectivity index (χ2v) is 3.04. The highest BCUT2D eigenvalue weighted by atomic mass is 16.2. The number of hydrogen-bond acceptors (Lipinski definition) is 1. The molecule has 1 amide bonds. The highest BCUT2D eigenvalue weighted by Crippen LogP contribution is 2.04. The third kappa shape index (κ3) is 2.63. The van der Waals surface area contributed by atoms with Crippen LogP contribution in [0.25, 0.3) is 0 Å². The van der Waals surface area contributed by atoms with Crippen LogP contribution in [0.1, 0.15) is 27.7 Å². The number of carbonyl (C=O) groups is 1. The highest BCUT2D eigenvalue weighted by molar-refractivity contribution is 5.93. The molecule has 0 aromatic heterocycles. The van der Waals surface area contributed by atoms with E-state index in [1.807, 2.05) is 27.7 Å². The summed E-state index contributed by atoms with van der Waals surface area (Å²) in [5, 5.41) is 0. The molecule has 2 heteroatoms. The van der Waals surface area contributed by atoms with Crippen molar-refractivity contribution in [2.24, 2.45) is 0 Å². The molecule has 0 radical (unpaired) electrons. The molecule has 0 aliphatic rings. The number of hydrogen-bond donors (Lipinski definition) is 0. The van der Waals surface area contributed by atoms with Gasteiger partial charge in [0.25, 0.3) is 5.91 Å². The van der Waals surface area contributed by atoms with Gasteiger partial charge in [0, 0.05) is 12.1 Å². The van der Waals surface area contributed by atoms with E-state index in [4.69, 9.17) is 6.42 Å². The average Bonchev–Trinajstić information content (AvgIpc) is 1.85. The Morgan fingerprint density at radius 2 is 1.64 bits per heavy atom. The summed E-state index contributed by atoms with van der Waals surface area (Å²) >= 11 is 0. The molecule has 0 spiro atoms. The number of amides is 1. The molecule has 0 aromatic carbocycles. The topological polar surface area (TPSA) is 20.3 Å². The van der Waals surface area contributed by atoms with Gasteiger partial charge in [0.1, 0.15) is 0 Å². The number of nitrogens with zero attached hydrogens (tertiary/aromatic N) is 1. The molecule has 11 heavy (non-hydrogen) atoms. The van der Waals surface area contributed by atoms with Gasteiger partial charge in [-0.15, -0.1) is 6.42 Å². The van der Waals surface area contributed by atoms with E-state index in [1.165, 1.54) is 0 Å². The highest BCUT2D eigenvalue weighted by Gasteiger charge is 2.17. The van der Waals surface area contributed by atoms with E-state index in [1.54, 1.807) is 4.90 Å². The normalized spacial score (nSPS) is 9.91. The molecule has 0 aliphatic heterocycles. The predicted octanol–water partition coefficient (Wildman–Crippen LogP) is 1.26. The van der Waals surface area contributed by atoms with Crippen LogP contribution in [0.15, 0.2) is 0 Å². The summed E-state index contributed by atoms with van der Waals surface area (Å²) in [4.78, 5) is 12.8. The lowest BCUT2D eigenvalue weighted by atomic mass is 10.2. The van der Waals surface area contributed by atoms with Crippen molar-refractivity contribution in [2.75, 3.05) is 0 Å². The number of rotatable bonds is 2. The van der Waals surface area contributed by atoms with E-state index in [0.29, 0.717) is 0 Å². The average molecular weight is 153 g/mol. The first-order chi connectivity index (χ1) is 5.00. The number of carbonyl (C=O) groups excluding carboxylic acids is 1. The van der Waals surface area contributed by atoms with E-state index in [0.717, 1.165) is 0 Å².